The number of alkyl halides is 3. The molecule has 1 unspecified atom stereocenters. The van der Waals surface area contributed by atoms with Gasteiger partial charge in [-0.3, -0.25) is 10.1 Å². The molecule has 0 saturated carbocycles. The van der Waals surface area contributed by atoms with Crippen molar-refractivity contribution in [1.29, 1.82) is 0 Å². The standard InChI is InChI=1S/C13H17F3N2O2/c1-8(2)6-9(3)17-10-4-5-12(18(19)20)11(7-10)13(14,15)16/h4-5,7-9,17H,6H2,1-3H3. The van der Waals surface area contributed by atoms with Crippen LogP contribution < -0.4 is 5.32 Å². The van der Waals surface area contributed by atoms with Gasteiger partial charge in [0, 0.05) is 17.8 Å². The Labute approximate surface area is 115 Å². The van der Waals surface area contributed by atoms with Crippen LogP contribution in [0.1, 0.15) is 32.8 Å². The van der Waals surface area contributed by atoms with Gasteiger partial charge in [0.25, 0.3) is 5.69 Å². The molecular weight excluding hydrogens is 273 g/mol. The first-order valence-electron chi connectivity index (χ1n) is 6.23. The zero-order valence-corrected chi connectivity index (χ0v) is 11.5. The van der Waals surface area contributed by atoms with E-state index in [1.165, 1.54) is 6.07 Å². The summed E-state index contributed by atoms with van der Waals surface area (Å²) in [5, 5.41) is 13.6. The predicted molar refractivity (Wildman–Crippen MR) is 70.6 cm³/mol. The molecule has 4 nitrogen and oxygen atoms in total. The van der Waals surface area contributed by atoms with Crippen molar-refractivity contribution in [1.82, 2.24) is 0 Å². The smallest absolute Gasteiger partial charge is 0.383 e. The van der Waals surface area contributed by atoms with Crippen LogP contribution in [0.5, 0.6) is 0 Å². The van der Waals surface area contributed by atoms with E-state index in [1.807, 2.05) is 20.8 Å². The fourth-order valence-electron chi connectivity index (χ4n) is 2.06. The Morgan fingerprint density at radius 2 is 1.90 bits per heavy atom. The maximum Gasteiger partial charge on any atom is 0.423 e. The van der Waals surface area contributed by atoms with E-state index in [4.69, 9.17) is 0 Å². The SMILES string of the molecule is CC(C)CC(C)Nc1ccc([N+](=O)[O-])c(C(F)(F)F)c1. The number of halogens is 3. The van der Waals surface area contributed by atoms with Crippen LogP contribution in [0.15, 0.2) is 18.2 Å². The lowest BCUT2D eigenvalue weighted by atomic mass is 10.0. The fraction of sp³-hybridized carbons (Fsp3) is 0.538. The second kappa shape index (κ2) is 6.11. The van der Waals surface area contributed by atoms with Crippen LogP contribution >= 0.6 is 0 Å². The molecule has 0 fully saturated rings. The second-order valence-electron chi connectivity index (χ2n) is 5.16. The summed E-state index contributed by atoms with van der Waals surface area (Å²) in [7, 11) is 0. The molecular formula is C13H17F3N2O2. The topological polar surface area (TPSA) is 55.2 Å². The molecule has 0 spiro atoms. The number of nitrogens with zero attached hydrogens (tertiary/aromatic N) is 1. The van der Waals surface area contributed by atoms with Crippen LogP contribution in [0.4, 0.5) is 24.5 Å². The van der Waals surface area contributed by atoms with Crippen LogP contribution in [-0.4, -0.2) is 11.0 Å². The van der Waals surface area contributed by atoms with Gasteiger partial charge in [-0.2, -0.15) is 13.2 Å². The number of hydrogen-bond donors (Lipinski definition) is 1. The van der Waals surface area contributed by atoms with Gasteiger partial charge in [0.2, 0.25) is 0 Å². The number of rotatable bonds is 5. The van der Waals surface area contributed by atoms with Crippen molar-refractivity contribution in [3.63, 3.8) is 0 Å². The highest BCUT2D eigenvalue weighted by Gasteiger charge is 2.38. The fourth-order valence-corrected chi connectivity index (χ4v) is 2.06. The maximum atomic E-state index is 12.8. The molecule has 0 bridgehead atoms. The van der Waals surface area contributed by atoms with E-state index in [-0.39, 0.29) is 11.7 Å². The Hall–Kier alpha value is -1.79. The summed E-state index contributed by atoms with van der Waals surface area (Å²) in [6, 6.07) is 2.95. The van der Waals surface area contributed by atoms with Crippen molar-refractivity contribution in [2.45, 2.75) is 39.4 Å². The third-order valence-corrected chi connectivity index (χ3v) is 2.74. The van der Waals surface area contributed by atoms with Crippen LogP contribution in [-0.2, 0) is 6.18 Å². The van der Waals surface area contributed by atoms with Crippen LogP contribution in [0.2, 0.25) is 0 Å². The first-order valence-corrected chi connectivity index (χ1v) is 6.23. The van der Waals surface area contributed by atoms with Crippen LogP contribution in [0.25, 0.3) is 0 Å². The molecule has 1 rings (SSSR count). The summed E-state index contributed by atoms with van der Waals surface area (Å²) in [6.07, 6.45) is -3.96. The minimum absolute atomic E-state index is 0.0162. The zero-order valence-electron chi connectivity index (χ0n) is 11.5. The zero-order chi connectivity index (χ0) is 15.5. The molecule has 7 heteroatoms. The lowest BCUT2D eigenvalue weighted by Gasteiger charge is -2.18. The Morgan fingerprint density at radius 3 is 2.35 bits per heavy atom. The van der Waals surface area contributed by atoms with E-state index in [9.17, 15) is 23.3 Å². The molecule has 1 atom stereocenters. The van der Waals surface area contributed by atoms with Crippen molar-refractivity contribution in [3.05, 3.63) is 33.9 Å². The first kappa shape index (κ1) is 16.3. The average Bonchev–Trinajstić information content (AvgIpc) is 2.25. The van der Waals surface area contributed by atoms with Crippen LogP contribution in [0.3, 0.4) is 0 Å². The van der Waals surface area contributed by atoms with Crippen molar-refractivity contribution >= 4 is 11.4 Å². The third-order valence-electron chi connectivity index (χ3n) is 2.74. The number of nitro groups is 1. The van der Waals surface area contributed by atoms with Gasteiger partial charge in [0.15, 0.2) is 0 Å². The van der Waals surface area contributed by atoms with E-state index in [1.54, 1.807) is 0 Å². The first-order chi connectivity index (χ1) is 9.11. The van der Waals surface area contributed by atoms with Gasteiger partial charge in [-0.05, 0) is 31.4 Å². The Bertz CT molecular complexity index is 487. The monoisotopic (exact) mass is 290 g/mol. The molecule has 1 N–H and O–H groups in total. The van der Waals surface area contributed by atoms with Gasteiger partial charge in [0.1, 0.15) is 5.56 Å². The highest BCUT2D eigenvalue weighted by atomic mass is 19.4. The summed E-state index contributed by atoms with van der Waals surface area (Å²) in [5.41, 5.74) is -1.93. The Morgan fingerprint density at radius 1 is 1.30 bits per heavy atom. The summed E-state index contributed by atoms with van der Waals surface area (Å²) in [6.45, 7) is 5.87. The van der Waals surface area contributed by atoms with E-state index >= 15 is 0 Å². The molecule has 0 amide bonds. The quantitative estimate of drug-likeness (QED) is 0.643. The van der Waals surface area contributed by atoms with Crippen molar-refractivity contribution in [2.24, 2.45) is 5.92 Å². The number of nitrogens with one attached hydrogen (secondary N) is 1. The minimum atomic E-state index is -4.75. The predicted octanol–water partition coefficient (Wildman–Crippen LogP) is 4.46. The maximum absolute atomic E-state index is 12.8. The number of anilines is 1. The lowest BCUT2D eigenvalue weighted by Crippen LogP contribution is -2.18. The highest BCUT2D eigenvalue weighted by molar-refractivity contribution is 5.55. The van der Waals surface area contributed by atoms with Crippen molar-refractivity contribution < 1.29 is 18.1 Å². The summed E-state index contributed by atoms with van der Waals surface area (Å²) >= 11 is 0. The van der Waals surface area contributed by atoms with Gasteiger partial charge in [-0.1, -0.05) is 13.8 Å². The minimum Gasteiger partial charge on any atom is -0.383 e. The molecule has 1 aromatic carbocycles. The van der Waals surface area contributed by atoms with Gasteiger partial charge in [0.05, 0.1) is 4.92 Å². The molecule has 0 aliphatic heterocycles. The second-order valence-corrected chi connectivity index (χ2v) is 5.16. The third kappa shape index (κ3) is 4.40. The molecule has 0 heterocycles. The lowest BCUT2D eigenvalue weighted by molar-refractivity contribution is -0.388. The normalized spacial score (nSPS) is 13.3. The van der Waals surface area contributed by atoms with Gasteiger partial charge < -0.3 is 5.32 Å². The van der Waals surface area contributed by atoms with E-state index in [0.717, 1.165) is 18.6 Å². The molecule has 20 heavy (non-hydrogen) atoms. The number of nitro benzene ring substituents is 1. The van der Waals surface area contributed by atoms with Gasteiger partial charge in [-0.15, -0.1) is 0 Å². The molecule has 0 aliphatic carbocycles. The Balaban J connectivity index is 3.04. The summed E-state index contributed by atoms with van der Waals surface area (Å²) < 4.78 is 38.4. The Kier molecular flexibility index (Phi) is 4.97. The van der Waals surface area contributed by atoms with Crippen molar-refractivity contribution in [2.75, 3.05) is 5.32 Å². The van der Waals surface area contributed by atoms with E-state index < -0.39 is 22.4 Å². The molecule has 0 aromatic heterocycles. The van der Waals surface area contributed by atoms with Gasteiger partial charge >= 0.3 is 6.18 Å². The molecule has 0 radical (unpaired) electrons. The van der Waals surface area contributed by atoms with Crippen LogP contribution in [0, 0.1) is 16.0 Å². The van der Waals surface area contributed by atoms with E-state index in [0.29, 0.717) is 5.92 Å². The largest absolute Gasteiger partial charge is 0.423 e. The average molecular weight is 290 g/mol. The number of hydrogen-bond acceptors (Lipinski definition) is 3. The summed E-state index contributed by atoms with van der Waals surface area (Å²) in [4.78, 5) is 9.61. The number of benzene rings is 1. The van der Waals surface area contributed by atoms with E-state index in [2.05, 4.69) is 5.32 Å². The van der Waals surface area contributed by atoms with Gasteiger partial charge in [-0.25, -0.2) is 0 Å². The molecule has 0 aliphatic rings. The van der Waals surface area contributed by atoms with Crippen molar-refractivity contribution in [3.8, 4) is 0 Å². The highest BCUT2D eigenvalue weighted by Crippen LogP contribution is 2.37. The molecule has 1 aromatic rings. The molecule has 0 saturated heterocycles. The molecule has 112 valence electrons. The summed E-state index contributed by atoms with van der Waals surface area (Å²) in [5.74, 6) is 0.401.